The summed E-state index contributed by atoms with van der Waals surface area (Å²) in [5.41, 5.74) is 0.875. The standard InChI is InChI=1S/C32H36Cl4N4O8S2/c1-37-29(23-11-9-21(33)17-27(23)35)25-19-39(49(37,43)44)13-5-3-7-16-48-32(42)26-20-40(14-6-4-8-15-47-31(25)41)50(45,46)38(2)30(26)24-12-10-22(34)18-28(24)36/h9-12,17-20,29-30H,3-8,13-16H2,1-2H3. The Morgan fingerprint density at radius 2 is 0.980 bits per heavy atom. The average molecular weight is 811 g/mol. The van der Waals surface area contributed by atoms with E-state index in [0.717, 1.165) is 17.2 Å². The number of cyclic esters (lactones) is 2. The molecule has 272 valence electrons. The number of hydrogen-bond acceptors (Lipinski definition) is 8. The smallest absolute Gasteiger partial charge is 0.337 e. The second-order valence-corrected chi connectivity index (χ2v) is 17.5. The third-order valence-corrected chi connectivity index (χ3v) is 13.5. The summed E-state index contributed by atoms with van der Waals surface area (Å²) in [7, 11) is -5.40. The minimum absolute atomic E-state index is 0.00901. The predicted octanol–water partition coefficient (Wildman–Crippen LogP) is 6.28. The van der Waals surface area contributed by atoms with Crippen LogP contribution >= 0.6 is 46.4 Å². The molecule has 0 N–H and O–H groups in total. The number of carbonyl (C=O) groups is 2. The number of nitrogens with zero attached hydrogens (tertiary/aromatic N) is 4. The van der Waals surface area contributed by atoms with Crippen molar-refractivity contribution in [2.75, 3.05) is 40.4 Å². The van der Waals surface area contributed by atoms with Gasteiger partial charge in [0.15, 0.2) is 0 Å². The number of carbonyl (C=O) groups excluding carboxylic acids is 2. The Balaban J connectivity index is 1.41. The highest BCUT2D eigenvalue weighted by molar-refractivity contribution is 7.87. The highest BCUT2D eigenvalue weighted by atomic mass is 35.5. The van der Waals surface area contributed by atoms with Gasteiger partial charge in [0, 0.05) is 59.7 Å². The van der Waals surface area contributed by atoms with Crippen LogP contribution in [0.5, 0.6) is 0 Å². The number of halogens is 4. The zero-order valence-corrected chi connectivity index (χ0v) is 31.9. The second-order valence-electron chi connectivity index (χ2n) is 12.0. The van der Waals surface area contributed by atoms with Gasteiger partial charge in [0.2, 0.25) is 0 Å². The molecule has 2 atom stereocenters. The van der Waals surface area contributed by atoms with Crippen LogP contribution < -0.4 is 0 Å². The zero-order chi connectivity index (χ0) is 36.4. The third kappa shape index (κ3) is 8.07. The fourth-order valence-corrected chi connectivity index (χ4v) is 9.91. The topological polar surface area (TPSA) is 134 Å². The third-order valence-electron chi connectivity index (χ3n) is 8.70. The molecule has 2 aromatic carbocycles. The molecule has 18 heteroatoms. The van der Waals surface area contributed by atoms with Gasteiger partial charge in [0.25, 0.3) is 0 Å². The van der Waals surface area contributed by atoms with Gasteiger partial charge < -0.3 is 9.47 Å². The van der Waals surface area contributed by atoms with Gasteiger partial charge in [-0.15, -0.1) is 0 Å². The Labute approximate surface area is 312 Å². The summed E-state index contributed by atoms with van der Waals surface area (Å²) in [6.07, 6.45) is 5.02. The average Bonchev–Trinajstić information content (AvgIpc) is 3.04. The van der Waals surface area contributed by atoms with E-state index in [4.69, 9.17) is 55.9 Å². The fourth-order valence-electron chi connectivity index (χ4n) is 6.02. The Kier molecular flexibility index (Phi) is 12.4. The first-order chi connectivity index (χ1) is 23.6. The van der Waals surface area contributed by atoms with Crippen LogP contribution in [0, 0.1) is 0 Å². The van der Waals surface area contributed by atoms with Crippen molar-refractivity contribution in [1.82, 2.24) is 17.2 Å². The Morgan fingerprint density at radius 1 is 0.600 bits per heavy atom. The lowest BCUT2D eigenvalue weighted by atomic mass is 9.99. The highest BCUT2D eigenvalue weighted by Crippen LogP contribution is 2.41. The monoisotopic (exact) mass is 808 g/mol. The van der Waals surface area contributed by atoms with E-state index in [0.29, 0.717) is 59.7 Å². The fraction of sp³-hybridized carbons (Fsp3) is 0.438. The van der Waals surface area contributed by atoms with Gasteiger partial charge in [-0.25, -0.2) is 9.59 Å². The summed E-state index contributed by atoms with van der Waals surface area (Å²) in [5.74, 6) is -1.43. The van der Waals surface area contributed by atoms with Crippen LogP contribution in [0.2, 0.25) is 20.1 Å². The number of ether oxygens (including phenoxy) is 2. The SMILES string of the molecule is CN1C(c2ccc(Cl)cc2Cl)C2=CN(CCCCCOC(=O)C3=CN(CCCCCOC2=O)S(=O)(=O)N(C)C3c2ccc(Cl)cc2Cl)S1(=O)=O. The zero-order valence-electron chi connectivity index (χ0n) is 27.2. The first-order valence-electron chi connectivity index (χ1n) is 15.8. The van der Waals surface area contributed by atoms with E-state index in [1.165, 1.54) is 38.6 Å². The molecule has 0 fully saturated rings. The van der Waals surface area contributed by atoms with Crippen molar-refractivity contribution in [3.8, 4) is 0 Å². The van der Waals surface area contributed by atoms with Gasteiger partial charge >= 0.3 is 32.4 Å². The molecule has 0 saturated heterocycles. The van der Waals surface area contributed by atoms with E-state index in [9.17, 15) is 26.4 Å². The lowest BCUT2D eigenvalue weighted by molar-refractivity contribution is -0.140. The van der Waals surface area contributed by atoms with Gasteiger partial charge in [-0.3, -0.25) is 8.61 Å². The molecule has 3 aliphatic rings. The van der Waals surface area contributed by atoms with Crippen LogP contribution in [0.15, 0.2) is 59.9 Å². The first-order valence-corrected chi connectivity index (χ1v) is 20.1. The van der Waals surface area contributed by atoms with Gasteiger partial charge in [0.05, 0.1) is 36.4 Å². The molecule has 2 unspecified atom stereocenters. The van der Waals surface area contributed by atoms with Gasteiger partial charge in [-0.2, -0.15) is 25.4 Å². The largest absolute Gasteiger partial charge is 0.462 e. The minimum Gasteiger partial charge on any atom is -0.462 e. The maximum absolute atomic E-state index is 13.6. The minimum atomic E-state index is -4.07. The van der Waals surface area contributed by atoms with E-state index >= 15 is 0 Å². The quantitative estimate of drug-likeness (QED) is 0.324. The van der Waals surface area contributed by atoms with Crippen molar-refractivity contribution in [3.05, 3.63) is 91.2 Å². The molecule has 3 heterocycles. The van der Waals surface area contributed by atoms with Crippen molar-refractivity contribution >= 4 is 78.8 Å². The maximum atomic E-state index is 13.6. The van der Waals surface area contributed by atoms with Crippen LogP contribution in [0.4, 0.5) is 0 Å². The normalized spacial score (nSPS) is 24.4. The molecular weight excluding hydrogens is 774 g/mol. The molecule has 0 saturated carbocycles. The van der Waals surface area contributed by atoms with Crippen molar-refractivity contribution < 1.29 is 35.9 Å². The summed E-state index contributed by atoms with van der Waals surface area (Å²) >= 11 is 25.1. The maximum Gasteiger partial charge on any atom is 0.337 e. The number of fused-ring (bicyclic) bond motifs is 2. The molecule has 2 aromatic rings. The molecule has 5 rings (SSSR count). The molecule has 50 heavy (non-hydrogen) atoms. The lowest BCUT2D eigenvalue weighted by Crippen LogP contribution is -2.47. The molecule has 0 aromatic heterocycles. The molecule has 12 nitrogen and oxygen atoms in total. The predicted molar refractivity (Wildman–Crippen MR) is 191 cm³/mol. The summed E-state index contributed by atoms with van der Waals surface area (Å²) < 4.78 is 70.1. The molecule has 0 amide bonds. The molecule has 0 spiro atoms. The van der Waals surface area contributed by atoms with Crippen LogP contribution in [0.25, 0.3) is 0 Å². The van der Waals surface area contributed by atoms with E-state index in [-0.39, 0.29) is 47.5 Å². The van der Waals surface area contributed by atoms with Gasteiger partial charge in [-0.1, -0.05) is 58.5 Å². The lowest BCUT2D eigenvalue weighted by Gasteiger charge is -2.38. The van der Waals surface area contributed by atoms with E-state index in [2.05, 4.69) is 0 Å². The number of rotatable bonds is 2. The van der Waals surface area contributed by atoms with Crippen molar-refractivity contribution in [2.24, 2.45) is 0 Å². The highest BCUT2D eigenvalue weighted by Gasteiger charge is 2.44. The van der Waals surface area contributed by atoms with Crippen LogP contribution in [-0.4, -0.2) is 86.4 Å². The summed E-state index contributed by atoms with van der Waals surface area (Å²) in [6, 6.07) is 7.07. The van der Waals surface area contributed by atoms with Crippen LogP contribution in [0.1, 0.15) is 61.7 Å². The first kappa shape index (κ1) is 38.7. The molecule has 3 aliphatic heterocycles. The van der Waals surface area contributed by atoms with Gasteiger partial charge in [-0.05, 0) is 73.9 Å². The summed E-state index contributed by atoms with van der Waals surface area (Å²) in [6.45, 7) is 0.0621. The van der Waals surface area contributed by atoms with Crippen molar-refractivity contribution in [1.29, 1.82) is 0 Å². The van der Waals surface area contributed by atoms with Crippen LogP contribution in [-0.2, 0) is 39.5 Å². The Bertz CT molecular complexity index is 1790. The molecular formula is C32H36Cl4N4O8S2. The number of hydrogen-bond donors (Lipinski definition) is 0. The second kappa shape index (κ2) is 16.0. The summed E-state index contributed by atoms with van der Waals surface area (Å²) in [4.78, 5) is 27.1. The van der Waals surface area contributed by atoms with Gasteiger partial charge in [0.1, 0.15) is 0 Å². The van der Waals surface area contributed by atoms with Crippen LogP contribution in [0.3, 0.4) is 0 Å². The van der Waals surface area contributed by atoms with Crippen molar-refractivity contribution in [2.45, 2.75) is 50.6 Å². The number of benzene rings is 2. The summed E-state index contributed by atoms with van der Waals surface area (Å²) in [5, 5.41) is 1.07. The molecule has 0 aliphatic carbocycles. The Hall–Kier alpha value is -2.56. The van der Waals surface area contributed by atoms with E-state index in [1.54, 1.807) is 24.3 Å². The number of likely N-dealkylation sites (N-methyl/N-ethyl adjacent to an activating group) is 2. The molecule has 4 bridgehead atoms. The van der Waals surface area contributed by atoms with Crippen molar-refractivity contribution in [3.63, 3.8) is 0 Å². The molecule has 0 radical (unpaired) electrons. The Morgan fingerprint density at radius 3 is 1.34 bits per heavy atom. The van der Waals surface area contributed by atoms with E-state index < -0.39 is 44.4 Å². The number of esters is 2. The van der Waals surface area contributed by atoms with E-state index in [1.807, 2.05) is 0 Å².